The summed E-state index contributed by atoms with van der Waals surface area (Å²) in [6, 6.07) is 6.54. The highest BCUT2D eigenvalue weighted by Gasteiger charge is 2.55. The highest BCUT2D eigenvalue weighted by molar-refractivity contribution is 7.36. The molecule has 1 saturated heterocycles. The van der Waals surface area contributed by atoms with E-state index in [4.69, 9.17) is 18.8 Å². The second kappa shape index (κ2) is 12.8. The summed E-state index contributed by atoms with van der Waals surface area (Å²) in [5.41, 5.74) is -3.12. The van der Waals surface area contributed by atoms with Crippen LogP contribution in [-0.2, 0) is 23.7 Å². The van der Waals surface area contributed by atoms with Crippen LogP contribution in [0, 0.1) is 6.92 Å². The number of nitrogens with one attached hydrogen (secondary N) is 1. The number of aryl methyl sites for hydroxylation is 1. The van der Waals surface area contributed by atoms with Crippen LogP contribution in [0.3, 0.4) is 0 Å². The number of hydrogen-bond donors (Lipinski definition) is 2. The van der Waals surface area contributed by atoms with Crippen LogP contribution < -0.4 is 15.8 Å². The largest absolute Gasteiger partial charge is 0.464 e. The number of benzene rings is 1. The number of aliphatic hydroxyl groups excluding tert-OH is 1. The molecule has 1 aliphatic heterocycles. The van der Waals surface area contributed by atoms with Gasteiger partial charge in [-0.25, -0.2) is 9.18 Å². The Hall–Kier alpha value is -2.83. The molecule has 0 saturated carbocycles. The molecule has 0 spiro atoms. The first kappa shape index (κ1) is 29.7. The van der Waals surface area contributed by atoms with Gasteiger partial charge in [-0.05, 0) is 39.3 Å². The normalized spacial score (nSPS) is 24.8. The molecule has 210 valence electrons. The molecule has 1 aliphatic rings. The molecule has 38 heavy (non-hydrogen) atoms. The molecule has 14 heteroatoms. The third-order valence-electron chi connectivity index (χ3n) is 6.04. The molecule has 2 heterocycles. The summed E-state index contributed by atoms with van der Waals surface area (Å²) in [5.74, 6) is -0.448. The lowest BCUT2D eigenvalue weighted by atomic mass is 9.98. The lowest BCUT2D eigenvalue weighted by Crippen LogP contribution is -2.44. The second-order valence-corrected chi connectivity index (χ2v) is 10.3. The number of aromatic nitrogens is 2. The van der Waals surface area contributed by atoms with Crippen molar-refractivity contribution in [3.63, 3.8) is 0 Å². The number of ether oxygens (including phenoxy) is 2. The Morgan fingerprint density at radius 1 is 1.32 bits per heavy atom. The third kappa shape index (κ3) is 6.97. The molecule has 2 N–H and O–H groups in total. The highest BCUT2D eigenvalue weighted by Crippen LogP contribution is 2.41. The third-order valence-corrected chi connectivity index (χ3v) is 7.33. The van der Waals surface area contributed by atoms with Crippen molar-refractivity contribution in [2.24, 2.45) is 0 Å². The van der Waals surface area contributed by atoms with E-state index in [1.54, 1.807) is 24.3 Å². The van der Waals surface area contributed by atoms with Crippen LogP contribution >= 0.6 is 8.18 Å². The molecule has 12 nitrogen and oxygen atoms in total. The zero-order chi connectivity index (χ0) is 28.0. The van der Waals surface area contributed by atoms with Gasteiger partial charge in [0.2, 0.25) is 0 Å². The Kier molecular flexibility index (Phi) is 10.0. The van der Waals surface area contributed by atoms with Gasteiger partial charge in [-0.15, -0.1) is 0 Å². The number of esters is 1. The van der Waals surface area contributed by atoms with E-state index in [2.05, 4.69) is 0 Å². The minimum absolute atomic E-state index is 0.160. The van der Waals surface area contributed by atoms with Gasteiger partial charge in [-0.3, -0.25) is 28.5 Å². The Balaban J connectivity index is 1.78. The van der Waals surface area contributed by atoms with E-state index in [1.807, 2.05) is 18.8 Å². The molecule has 0 amide bonds. The number of hydrogen-bond acceptors (Lipinski definition) is 9. The zero-order valence-corrected chi connectivity index (χ0v) is 22.6. The fourth-order valence-corrected chi connectivity index (χ4v) is 4.75. The van der Waals surface area contributed by atoms with Crippen LogP contribution in [0.1, 0.15) is 45.4 Å². The summed E-state index contributed by atoms with van der Waals surface area (Å²) < 4.78 is 45.8. The summed E-state index contributed by atoms with van der Waals surface area (Å²) >= 11 is 0. The monoisotopic (exact) mass is 557 g/mol. The zero-order valence-electron chi connectivity index (χ0n) is 21.6. The number of halogens is 1. The van der Waals surface area contributed by atoms with Gasteiger partial charge in [0, 0.05) is 12.3 Å². The Morgan fingerprint density at radius 3 is 2.63 bits per heavy atom. The minimum Gasteiger partial charge on any atom is -0.464 e. The van der Waals surface area contributed by atoms with Crippen molar-refractivity contribution in [3.8, 4) is 5.75 Å². The average molecular weight is 558 g/mol. The molecule has 1 fully saturated rings. The van der Waals surface area contributed by atoms with E-state index in [0.717, 1.165) is 40.6 Å². The Labute approximate surface area is 219 Å². The van der Waals surface area contributed by atoms with Gasteiger partial charge in [0.15, 0.2) is 11.9 Å². The van der Waals surface area contributed by atoms with E-state index in [-0.39, 0.29) is 12.4 Å². The molecule has 0 aliphatic carbocycles. The van der Waals surface area contributed by atoms with E-state index in [9.17, 15) is 24.1 Å². The van der Waals surface area contributed by atoms with Crippen molar-refractivity contribution < 1.29 is 37.7 Å². The van der Waals surface area contributed by atoms with E-state index in [1.165, 1.54) is 6.92 Å². The number of nitrogens with zero attached hydrogens (tertiary/aromatic N) is 2. The van der Waals surface area contributed by atoms with Gasteiger partial charge < -0.3 is 19.1 Å². The maximum atomic E-state index is 15.5. The quantitative estimate of drug-likeness (QED) is 0.172. The topological polar surface area (TPSA) is 149 Å². The van der Waals surface area contributed by atoms with Crippen LogP contribution in [0.2, 0.25) is 0 Å². The molecule has 1 aromatic heterocycles. The summed E-state index contributed by atoms with van der Waals surface area (Å²) in [4.78, 5) is 44.6. The molecule has 3 rings (SSSR count). The van der Waals surface area contributed by atoms with E-state index < -0.39 is 62.2 Å². The van der Waals surface area contributed by atoms with E-state index >= 15 is 4.39 Å². The van der Waals surface area contributed by atoms with Gasteiger partial charge in [0.1, 0.15) is 24.0 Å². The van der Waals surface area contributed by atoms with Gasteiger partial charge in [0.25, 0.3) is 5.56 Å². The maximum absolute atomic E-state index is 15.5. The fourth-order valence-electron chi connectivity index (χ4n) is 3.72. The Morgan fingerprint density at radius 2 is 2.00 bits per heavy atom. The van der Waals surface area contributed by atoms with Crippen LogP contribution in [-0.4, -0.2) is 62.6 Å². The molecule has 0 bridgehead atoms. The predicted molar refractivity (Wildman–Crippen MR) is 135 cm³/mol. The SMILES string of the molecule is CCCCOC(=O)C(C)N(OC[C@H]1O[C@@H](n2ccc(=O)[nH]c2=O)[C@](C)(F)[C@@H]1O)[PH](=O)Oc1ccc(C)cc1. The van der Waals surface area contributed by atoms with Gasteiger partial charge in [-0.1, -0.05) is 35.9 Å². The number of aliphatic hydroxyl groups is 1. The van der Waals surface area contributed by atoms with Crippen LogP contribution in [0.15, 0.2) is 46.1 Å². The van der Waals surface area contributed by atoms with Crippen LogP contribution in [0.4, 0.5) is 4.39 Å². The number of aromatic amines is 1. The number of carbonyl (C=O) groups is 1. The first-order valence-electron chi connectivity index (χ1n) is 12.2. The summed E-state index contributed by atoms with van der Waals surface area (Å²) in [6.45, 7) is 5.86. The molecule has 6 atom stereocenters. The number of hydroxylamine groups is 1. The molecular weight excluding hydrogens is 524 g/mol. The first-order valence-corrected chi connectivity index (χ1v) is 13.4. The molecule has 0 radical (unpaired) electrons. The van der Waals surface area contributed by atoms with Crippen LogP contribution in [0.25, 0.3) is 0 Å². The van der Waals surface area contributed by atoms with Gasteiger partial charge in [0.05, 0.1) is 13.2 Å². The van der Waals surface area contributed by atoms with Gasteiger partial charge in [-0.2, -0.15) is 0 Å². The van der Waals surface area contributed by atoms with Crippen LogP contribution in [0.5, 0.6) is 5.75 Å². The standard InChI is InChI=1S/C24H33FN3O9P/c1-5-6-13-34-21(31)16(3)28(38(33)37-17-9-7-15(2)8-10-17)35-14-18-20(30)24(4,25)22(36-18)27-12-11-19(29)26-23(27)32/h7-12,16,18,20,22,30,38H,5-6,13-14H2,1-4H3,(H,26,29,32)/t16?,18-,20-,22-,24-/m1/s1. The lowest BCUT2D eigenvalue weighted by molar-refractivity contribution is -0.181. The Bertz CT molecular complexity index is 1230. The average Bonchev–Trinajstić information content (AvgIpc) is 3.09. The molecule has 1 aromatic carbocycles. The first-order chi connectivity index (χ1) is 17.9. The minimum atomic E-state index is -3.25. The summed E-state index contributed by atoms with van der Waals surface area (Å²) in [5, 5.41) is 10.6. The van der Waals surface area contributed by atoms with Crippen molar-refractivity contribution in [1.29, 1.82) is 0 Å². The van der Waals surface area contributed by atoms with Crippen molar-refractivity contribution in [3.05, 3.63) is 62.9 Å². The van der Waals surface area contributed by atoms with Crippen molar-refractivity contribution >= 4 is 14.1 Å². The number of carbonyl (C=O) groups excluding carboxylic acids is 1. The number of alkyl halides is 1. The summed E-state index contributed by atoms with van der Waals surface area (Å²) in [6.07, 6.45) is -2.23. The number of unbranched alkanes of at least 4 members (excludes halogenated alkanes) is 1. The van der Waals surface area contributed by atoms with Gasteiger partial charge >= 0.3 is 19.8 Å². The van der Waals surface area contributed by atoms with Crippen molar-refractivity contribution in [2.45, 2.75) is 70.7 Å². The molecule has 2 unspecified atom stereocenters. The summed E-state index contributed by atoms with van der Waals surface area (Å²) in [7, 11) is -3.25. The molecular formula is C24H33FN3O9P. The smallest absolute Gasteiger partial charge is 0.331 e. The molecule has 2 aromatic rings. The van der Waals surface area contributed by atoms with Crippen molar-refractivity contribution in [1.82, 2.24) is 14.4 Å². The second-order valence-electron chi connectivity index (χ2n) is 9.14. The maximum Gasteiger partial charge on any atom is 0.331 e. The van der Waals surface area contributed by atoms with Crippen molar-refractivity contribution in [2.75, 3.05) is 13.2 Å². The number of H-pyrrole nitrogens is 1. The lowest BCUT2D eigenvalue weighted by Gasteiger charge is -2.27. The van der Waals surface area contributed by atoms with E-state index in [0.29, 0.717) is 6.42 Å². The number of rotatable bonds is 12. The predicted octanol–water partition coefficient (Wildman–Crippen LogP) is 2.27. The fraction of sp³-hybridized carbons (Fsp3) is 0.542. The highest BCUT2D eigenvalue weighted by atomic mass is 31.1.